The van der Waals surface area contributed by atoms with Crippen LogP contribution in [0.1, 0.15) is 5.56 Å². The van der Waals surface area contributed by atoms with Gasteiger partial charge in [-0.15, -0.1) is 0 Å². The first-order valence-electron chi connectivity index (χ1n) is 5.98. The number of nitrogens with one attached hydrogen (secondary N) is 2. The van der Waals surface area contributed by atoms with Gasteiger partial charge in [-0.1, -0.05) is 12.1 Å². The van der Waals surface area contributed by atoms with Crippen LogP contribution in [0.25, 0.3) is 22.5 Å². The van der Waals surface area contributed by atoms with Gasteiger partial charge in [-0.3, -0.25) is 10.2 Å². The minimum atomic E-state index is -4.41. The highest BCUT2D eigenvalue weighted by Crippen LogP contribution is 2.37. The number of hydrogen-bond acceptors (Lipinski definition) is 3. The van der Waals surface area contributed by atoms with E-state index in [1.54, 1.807) is 12.1 Å². The molecule has 0 unspecified atom stereocenters. The van der Waals surface area contributed by atoms with Crippen molar-refractivity contribution in [2.24, 2.45) is 0 Å². The minimum absolute atomic E-state index is 0.124. The fourth-order valence-electron chi connectivity index (χ4n) is 2.09. The summed E-state index contributed by atoms with van der Waals surface area (Å²) in [5.41, 5.74) is 6.86. The van der Waals surface area contributed by atoms with Gasteiger partial charge < -0.3 is 5.73 Å². The van der Waals surface area contributed by atoms with Crippen molar-refractivity contribution in [1.82, 2.24) is 20.4 Å². The SMILES string of the molecule is Nc1n[nH]c(-c2ccn[nH]2)c1-c1cccc(C(F)(F)F)c1. The zero-order valence-corrected chi connectivity index (χ0v) is 10.6. The van der Waals surface area contributed by atoms with Gasteiger partial charge in [0.2, 0.25) is 0 Å². The Kier molecular flexibility index (Phi) is 2.93. The standard InChI is InChI=1S/C13H10F3N5/c14-13(15,16)8-3-1-2-7(6-8)10-11(20-21-12(10)17)9-4-5-18-19-9/h1-6H,(H,18,19)(H3,17,20,21). The van der Waals surface area contributed by atoms with E-state index in [1.807, 2.05) is 0 Å². The predicted octanol–water partition coefficient (Wildman–Crippen LogP) is 3.07. The van der Waals surface area contributed by atoms with Crippen molar-refractivity contribution in [2.45, 2.75) is 6.18 Å². The number of benzene rings is 1. The lowest BCUT2D eigenvalue weighted by Gasteiger charge is -2.09. The van der Waals surface area contributed by atoms with Gasteiger partial charge in [0.15, 0.2) is 5.82 Å². The number of anilines is 1. The summed E-state index contributed by atoms with van der Waals surface area (Å²) in [7, 11) is 0. The monoisotopic (exact) mass is 293 g/mol. The summed E-state index contributed by atoms with van der Waals surface area (Å²) >= 11 is 0. The molecule has 0 amide bonds. The van der Waals surface area contributed by atoms with E-state index < -0.39 is 11.7 Å². The fourth-order valence-corrected chi connectivity index (χ4v) is 2.09. The molecule has 0 bridgehead atoms. The first-order chi connectivity index (χ1) is 9.97. The maximum atomic E-state index is 12.8. The molecule has 0 fully saturated rings. The molecule has 0 saturated carbocycles. The molecule has 2 aromatic heterocycles. The summed E-state index contributed by atoms with van der Waals surface area (Å²) in [5.74, 6) is 0.124. The van der Waals surface area contributed by atoms with E-state index in [2.05, 4.69) is 20.4 Å². The predicted molar refractivity (Wildman–Crippen MR) is 71.0 cm³/mol. The summed E-state index contributed by atoms with van der Waals surface area (Å²) in [4.78, 5) is 0. The molecule has 4 N–H and O–H groups in total. The molecule has 0 atom stereocenters. The molecule has 108 valence electrons. The van der Waals surface area contributed by atoms with E-state index in [1.165, 1.54) is 12.3 Å². The van der Waals surface area contributed by atoms with Gasteiger partial charge in [0.25, 0.3) is 0 Å². The van der Waals surface area contributed by atoms with Gasteiger partial charge in [0, 0.05) is 6.20 Å². The van der Waals surface area contributed by atoms with E-state index in [-0.39, 0.29) is 5.82 Å². The number of aromatic amines is 2. The molecular formula is C13H10F3N5. The zero-order valence-electron chi connectivity index (χ0n) is 10.6. The quantitative estimate of drug-likeness (QED) is 0.679. The summed E-state index contributed by atoms with van der Waals surface area (Å²) in [5, 5.41) is 13.1. The number of nitrogens with zero attached hydrogens (tertiary/aromatic N) is 2. The Morgan fingerprint density at radius 2 is 1.90 bits per heavy atom. The molecule has 0 radical (unpaired) electrons. The molecule has 8 heteroatoms. The Balaban J connectivity index is 2.16. The van der Waals surface area contributed by atoms with Crippen LogP contribution in [0.4, 0.5) is 19.0 Å². The van der Waals surface area contributed by atoms with Crippen LogP contribution in [-0.2, 0) is 6.18 Å². The molecular weight excluding hydrogens is 283 g/mol. The molecule has 0 aliphatic heterocycles. The lowest BCUT2D eigenvalue weighted by Crippen LogP contribution is -2.04. The summed E-state index contributed by atoms with van der Waals surface area (Å²) < 4.78 is 38.4. The van der Waals surface area contributed by atoms with Crippen LogP contribution in [0.2, 0.25) is 0 Å². The Bertz CT molecular complexity index is 758. The number of alkyl halides is 3. The highest BCUT2D eigenvalue weighted by molar-refractivity contribution is 5.86. The molecule has 0 saturated heterocycles. The lowest BCUT2D eigenvalue weighted by molar-refractivity contribution is -0.137. The Hall–Kier alpha value is -2.77. The maximum absolute atomic E-state index is 12.8. The smallest absolute Gasteiger partial charge is 0.382 e. The zero-order chi connectivity index (χ0) is 15.0. The molecule has 0 aliphatic carbocycles. The van der Waals surface area contributed by atoms with Gasteiger partial charge in [-0.2, -0.15) is 23.4 Å². The van der Waals surface area contributed by atoms with Crippen molar-refractivity contribution in [2.75, 3.05) is 5.73 Å². The molecule has 0 spiro atoms. The average Bonchev–Trinajstić information content (AvgIpc) is 3.06. The first-order valence-corrected chi connectivity index (χ1v) is 5.98. The number of H-pyrrole nitrogens is 2. The van der Waals surface area contributed by atoms with Crippen molar-refractivity contribution in [3.05, 3.63) is 42.1 Å². The van der Waals surface area contributed by atoms with E-state index in [0.717, 1.165) is 12.1 Å². The van der Waals surface area contributed by atoms with Crippen LogP contribution in [-0.4, -0.2) is 20.4 Å². The topological polar surface area (TPSA) is 83.4 Å². The molecule has 3 aromatic rings. The number of rotatable bonds is 2. The van der Waals surface area contributed by atoms with Crippen LogP contribution in [0, 0.1) is 0 Å². The fraction of sp³-hybridized carbons (Fsp3) is 0.0769. The van der Waals surface area contributed by atoms with Crippen LogP contribution in [0.15, 0.2) is 36.5 Å². The van der Waals surface area contributed by atoms with Crippen LogP contribution >= 0.6 is 0 Å². The highest BCUT2D eigenvalue weighted by Gasteiger charge is 2.31. The van der Waals surface area contributed by atoms with Crippen LogP contribution in [0.5, 0.6) is 0 Å². The normalized spacial score (nSPS) is 11.8. The third kappa shape index (κ3) is 2.35. The van der Waals surface area contributed by atoms with Crippen molar-refractivity contribution in [3.63, 3.8) is 0 Å². The van der Waals surface area contributed by atoms with Crippen molar-refractivity contribution >= 4 is 5.82 Å². The van der Waals surface area contributed by atoms with E-state index in [0.29, 0.717) is 22.5 Å². The second kappa shape index (κ2) is 4.65. The van der Waals surface area contributed by atoms with Gasteiger partial charge in [-0.05, 0) is 23.8 Å². The first kappa shape index (κ1) is 13.2. The Labute approximate surface area is 117 Å². The third-order valence-corrected chi connectivity index (χ3v) is 3.04. The average molecular weight is 293 g/mol. The highest BCUT2D eigenvalue weighted by atomic mass is 19.4. The van der Waals surface area contributed by atoms with Gasteiger partial charge in [0.05, 0.1) is 22.5 Å². The number of nitrogen functional groups attached to an aromatic ring is 1. The van der Waals surface area contributed by atoms with Crippen molar-refractivity contribution in [3.8, 4) is 22.5 Å². The number of hydrogen-bond donors (Lipinski definition) is 3. The second-order valence-electron chi connectivity index (χ2n) is 4.41. The molecule has 0 aliphatic rings. The molecule has 3 rings (SSSR count). The number of halogens is 3. The van der Waals surface area contributed by atoms with Crippen molar-refractivity contribution < 1.29 is 13.2 Å². The minimum Gasteiger partial charge on any atom is -0.382 e. The molecule has 1 aromatic carbocycles. The molecule has 5 nitrogen and oxygen atoms in total. The van der Waals surface area contributed by atoms with Crippen LogP contribution < -0.4 is 5.73 Å². The summed E-state index contributed by atoms with van der Waals surface area (Å²) in [6, 6.07) is 6.61. The molecule has 2 heterocycles. The number of nitrogens with two attached hydrogens (primary N) is 1. The van der Waals surface area contributed by atoms with Gasteiger partial charge in [0.1, 0.15) is 0 Å². The largest absolute Gasteiger partial charge is 0.416 e. The Morgan fingerprint density at radius 3 is 2.57 bits per heavy atom. The Morgan fingerprint density at radius 1 is 1.10 bits per heavy atom. The van der Waals surface area contributed by atoms with Crippen LogP contribution in [0.3, 0.4) is 0 Å². The second-order valence-corrected chi connectivity index (χ2v) is 4.41. The van der Waals surface area contributed by atoms with E-state index >= 15 is 0 Å². The van der Waals surface area contributed by atoms with Crippen molar-refractivity contribution in [1.29, 1.82) is 0 Å². The van der Waals surface area contributed by atoms with Gasteiger partial charge >= 0.3 is 6.18 Å². The maximum Gasteiger partial charge on any atom is 0.416 e. The molecule has 21 heavy (non-hydrogen) atoms. The third-order valence-electron chi connectivity index (χ3n) is 3.04. The number of aromatic nitrogens is 4. The van der Waals surface area contributed by atoms with Gasteiger partial charge in [-0.25, -0.2) is 0 Å². The lowest BCUT2D eigenvalue weighted by atomic mass is 10.0. The van der Waals surface area contributed by atoms with E-state index in [9.17, 15) is 13.2 Å². The van der Waals surface area contributed by atoms with E-state index in [4.69, 9.17) is 5.73 Å². The summed E-state index contributed by atoms with van der Waals surface area (Å²) in [6.45, 7) is 0. The summed E-state index contributed by atoms with van der Waals surface area (Å²) in [6.07, 6.45) is -2.88.